The first-order chi connectivity index (χ1) is 8.17. The molecule has 0 amide bonds. The van der Waals surface area contributed by atoms with Gasteiger partial charge in [0.1, 0.15) is 13.4 Å². The van der Waals surface area contributed by atoms with Crippen LogP contribution in [-0.2, 0) is 6.42 Å². The molecule has 0 aliphatic carbocycles. The third-order valence-corrected chi connectivity index (χ3v) is 9.13. The van der Waals surface area contributed by atoms with Crippen molar-refractivity contribution in [3.8, 4) is 5.95 Å². The van der Waals surface area contributed by atoms with Crippen LogP contribution in [0.15, 0.2) is 4.42 Å². The number of aromatic nitrogens is 1. The summed E-state index contributed by atoms with van der Waals surface area (Å²) in [5.41, 5.74) is 0. The minimum Gasteiger partial charge on any atom is -0.464 e. The second-order valence-electron chi connectivity index (χ2n) is 4.37. The molecule has 0 aromatic carbocycles. The van der Waals surface area contributed by atoms with Gasteiger partial charge >= 0.3 is 5.95 Å². The Bertz CT molecular complexity index is 337. The first kappa shape index (κ1) is 14.3. The monoisotopic (exact) mass is 255 g/mol. The number of aryl methyl sites for hydroxylation is 1. The van der Waals surface area contributed by atoms with E-state index in [1.165, 1.54) is 18.1 Å². The maximum absolute atomic E-state index is 5.72. The van der Waals surface area contributed by atoms with Crippen molar-refractivity contribution >= 4 is 13.4 Å². The Morgan fingerprint density at radius 3 is 2.06 bits per heavy atom. The highest BCUT2D eigenvalue weighted by Crippen LogP contribution is 2.25. The third-order valence-electron chi connectivity index (χ3n) is 3.75. The summed E-state index contributed by atoms with van der Waals surface area (Å²) in [6.07, 6.45) is 0.835. The van der Waals surface area contributed by atoms with Crippen molar-refractivity contribution in [3.63, 3.8) is 0 Å². The molecule has 0 fully saturated rings. The summed E-state index contributed by atoms with van der Waals surface area (Å²) in [5.74, 6) is 1.51. The van der Waals surface area contributed by atoms with Gasteiger partial charge in [-0.15, -0.1) is 0 Å². The zero-order chi connectivity index (χ0) is 12.9. The number of nitrogens with zero attached hydrogens (tertiary/aromatic N) is 1. The molecule has 0 spiro atoms. The van der Waals surface area contributed by atoms with Gasteiger partial charge in [-0.1, -0.05) is 45.8 Å². The first-order valence-electron chi connectivity index (χ1n) is 6.80. The first-order valence-corrected chi connectivity index (χ1v) is 9.42. The lowest BCUT2D eigenvalue weighted by molar-refractivity contribution is 0.252. The van der Waals surface area contributed by atoms with Crippen molar-refractivity contribution in [2.24, 2.45) is 0 Å². The van der Waals surface area contributed by atoms with Gasteiger partial charge in [0, 0.05) is 6.42 Å². The van der Waals surface area contributed by atoms with Crippen LogP contribution in [0.2, 0.25) is 18.1 Å². The van der Waals surface area contributed by atoms with Crippen LogP contribution in [0.25, 0.3) is 0 Å². The Morgan fingerprint density at radius 2 is 1.65 bits per heavy atom. The summed E-state index contributed by atoms with van der Waals surface area (Å²) >= 11 is 0. The summed E-state index contributed by atoms with van der Waals surface area (Å²) in [6, 6.07) is 3.61. The summed E-state index contributed by atoms with van der Waals surface area (Å²) in [6.45, 7) is 11.5. The van der Waals surface area contributed by atoms with Crippen molar-refractivity contribution in [1.29, 1.82) is 0 Å². The minimum atomic E-state index is -1.50. The molecule has 3 nitrogen and oxygen atoms in total. The zero-order valence-corrected chi connectivity index (χ0v) is 12.8. The van der Waals surface area contributed by atoms with Gasteiger partial charge in [0.05, 0.1) is 6.61 Å². The summed E-state index contributed by atoms with van der Waals surface area (Å²) < 4.78 is 11.4. The molecular weight excluding hydrogens is 230 g/mol. The number of oxazole rings is 1. The van der Waals surface area contributed by atoms with Crippen LogP contribution in [0.3, 0.4) is 0 Å². The summed E-state index contributed by atoms with van der Waals surface area (Å²) in [4.78, 5) is 4.70. The average Bonchev–Trinajstić information content (AvgIpc) is 2.77. The van der Waals surface area contributed by atoms with E-state index >= 15 is 0 Å². The SMILES string of the molecule is CCOc1oc(CC)nc1[Si](CC)(CC)CC. The fraction of sp³-hybridized carbons (Fsp3) is 0.769. The average molecular weight is 255 g/mol. The molecule has 0 saturated carbocycles. The zero-order valence-electron chi connectivity index (χ0n) is 11.8. The van der Waals surface area contributed by atoms with Crippen molar-refractivity contribution in [1.82, 2.24) is 4.98 Å². The second kappa shape index (κ2) is 6.24. The summed E-state index contributed by atoms with van der Waals surface area (Å²) in [5, 5.41) is 1.16. The molecule has 0 atom stereocenters. The maximum Gasteiger partial charge on any atom is 0.303 e. The van der Waals surface area contributed by atoms with Crippen LogP contribution in [0.4, 0.5) is 0 Å². The molecule has 0 aliphatic rings. The molecule has 0 N–H and O–H groups in total. The predicted molar refractivity (Wildman–Crippen MR) is 73.9 cm³/mol. The van der Waals surface area contributed by atoms with E-state index in [0.29, 0.717) is 12.6 Å². The van der Waals surface area contributed by atoms with Crippen LogP contribution in [0.5, 0.6) is 5.95 Å². The lowest BCUT2D eigenvalue weighted by Gasteiger charge is -2.25. The highest BCUT2D eigenvalue weighted by molar-refractivity contribution is 6.91. The van der Waals surface area contributed by atoms with Crippen LogP contribution in [-0.4, -0.2) is 19.7 Å². The van der Waals surface area contributed by atoms with E-state index < -0.39 is 8.07 Å². The standard InChI is InChI=1S/C13H25NO2Si/c1-6-11-14-12(13(16-11)15-7-2)17(8-3,9-4)10-5/h6-10H2,1-5H3. The lowest BCUT2D eigenvalue weighted by atomic mass is 10.5. The Kier molecular flexibility index (Phi) is 5.24. The minimum absolute atomic E-state index is 0.646. The molecular formula is C13H25NO2Si. The van der Waals surface area contributed by atoms with E-state index in [1.54, 1.807) is 0 Å². The molecule has 0 bridgehead atoms. The molecule has 0 unspecified atom stereocenters. The molecule has 1 heterocycles. The van der Waals surface area contributed by atoms with E-state index in [1.807, 2.05) is 6.92 Å². The number of rotatable bonds is 7. The highest BCUT2D eigenvalue weighted by atomic mass is 28.3. The van der Waals surface area contributed by atoms with Gasteiger partial charge in [0.15, 0.2) is 5.89 Å². The number of hydrogen-bond acceptors (Lipinski definition) is 3. The number of ether oxygens (including phenoxy) is 1. The second-order valence-corrected chi connectivity index (χ2v) is 9.53. The van der Waals surface area contributed by atoms with Crippen LogP contribution >= 0.6 is 0 Å². The molecule has 0 aliphatic heterocycles. The fourth-order valence-electron chi connectivity index (χ4n) is 2.32. The predicted octanol–water partition coefficient (Wildman–Crippen LogP) is 3.35. The largest absolute Gasteiger partial charge is 0.464 e. The molecule has 4 heteroatoms. The topological polar surface area (TPSA) is 35.3 Å². The molecule has 1 aromatic rings. The molecule has 98 valence electrons. The Morgan fingerprint density at radius 1 is 1.06 bits per heavy atom. The van der Waals surface area contributed by atoms with E-state index in [4.69, 9.17) is 14.1 Å². The normalized spacial score (nSPS) is 11.8. The van der Waals surface area contributed by atoms with Crippen LogP contribution < -0.4 is 10.1 Å². The van der Waals surface area contributed by atoms with Gasteiger partial charge in [-0.3, -0.25) is 0 Å². The third kappa shape index (κ3) is 2.73. The maximum atomic E-state index is 5.72. The highest BCUT2D eigenvalue weighted by Gasteiger charge is 2.36. The lowest BCUT2D eigenvalue weighted by Crippen LogP contribution is -2.47. The van der Waals surface area contributed by atoms with E-state index in [-0.39, 0.29) is 0 Å². The molecule has 1 rings (SSSR count). The van der Waals surface area contributed by atoms with Gasteiger partial charge in [0.25, 0.3) is 0 Å². The van der Waals surface area contributed by atoms with E-state index in [2.05, 4.69) is 27.7 Å². The Hall–Kier alpha value is -0.773. The van der Waals surface area contributed by atoms with Crippen molar-refractivity contribution < 1.29 is 9.15 Å². The van der Waals surface area contributed by atoms with E-state index in [0.717, 1.165) is 17.6 Å². The van der Waals surface area contributed by atoms with Crippen LogP contribution in [0.1, 0.15) is 40.5 Å². The quantitative estimate of drug-likeness (QED) is 0.701. The van der Waals surface area contributed by atoms with E-state index in [9.17, 15) is 0 Å². The van der Waals surface area contributed by atoms with Gasteiger partial charge < -0.3 is 9.15 Å². The summed E-state index contributed by atoms with van der Waals surface area (Å²) in [7, 11) is -1.50. The van der Waals surface area contributed by atoms with Crippen LogP contribution in [0, 0.1) is 0 Å². The van der Waals surface area contributed by atoms with Gasteiger partial charge in [-0.25, -0.2) is 4.98 Å². The Balaban J connectivity index is 3.20. The fourth-order valence-corrected chi connectivity index (χ4v) is 5.74. The van der Waals surface area contributed by atoms with Crippen molar-refractivity contribution in [2.75, 3.05) is 6.61 Å². The number of hydrogen-bond donors (Lipinski definition) is 0. The molecule has 1 aromatic heterocycles. The Labute approximate surface area is 106 Å². The van der Waals surface area contributed by atoms with Gasteiger partial charge in [-0.2, -0.15) is 0 Å². The smallest absolute Gasteiger partial charge is 0.303 e. The molecule has 0 radical (unpaired) electrons. The van der Waals surface area contributed by atoms with Crippen molar-refractivity contribution in [2.45, 2.75) is 59.2 Å². The molecule has 0 saturated heterocycles. The molecule has 17 heavy (non-hydrogen) atoms. The van der Waals surface area contributed by atoms with Crippen molar-refractivity contribution in [3.05, 3.63) is 5.89 Å². The van der Waals surface area contributed by atoms with Gasteiger partial charge in [0.2, 0.25) is 0 Å². The van der Waals surface area contributed by atoms with Gasteiger partial charge in [-0.05, 0) is 6.92 Å².